The zero-order valence-electron chi connectivity index (χ0n) is 23.0. The number of hydrogen-bond donors (Lipinski definition) is 1. The van der Waals surface area contributed by atoms with E-state index in [1.165, 1.54) is 26.0 Å². The van der Waals surface area contributed by atoms with Crippen molar-refractivity contribution in [2.75, 3.05) is 11.4 Å². The van der Waals surface area contributed by atoms with Crippen molar-refractivity contribution in [3.8, 4) is 5.75 Å². The van der Waals surface area contributed by atoms with Crippen LogP contribution < -0.4 is 9.64 Å². The lowest BCUT2D eigenvalue weighted by Crippen LogP contribution is -2.35. The van der Waals surface area contributed by atoms with E-state index in [-0.39, 0.29) is 25.0 Å². The summed E-state index contributed by atoms with van der Waals surface area (Å²) in [6.07, 6.45) is 0.447. The van der Waals surface area contributed by atoms with Crippen molar-refractivity contribution in [3.63, 3.8) is 0 Å². The highest BCUT2D eigenvalue weighted by Crippen LogP contribution is 2.32. The molecule has 1 aromatic heterocycles. The number of carbonyl (C=O) groups is 1. The molecule has 0 fully saturated rings. The number of ether oxygens (including phenoxy) is 2. The van der Waals surface area contributed by atoms with Gasteiger partial charge in [0.05, 0.1) is 11.3 Å². The molecule has 3 aromatic rings. The number of aromatic nitrogens is 2. The molecular formula is C30H32F3N3O5. The van der Waals surface area contributed by atoms with Crippen LogP contribution in [-0.4, -0.2) is 33.4 Å². The highest BCUT2D eigenvalue weighted by Gasteiger charge is 2.32. The first kappa shape index (κ1) is 29.7. The predicted octanol–water partition coefficient (Wildman–Crippen LogP) is 6.79. The maximum Gasteiger partial charge on any atom is 0.416 e. The van der Waals surface area contributed by atoms with Crippen molar-refractivity contribution in [1.82, 2.24) is 10.1 Å². The fourth-order valence-corrected chi connectivity index (χ4v) is 4.27. The zero-order chi connectivity index (χ0) is 29.6. The van der Waals surface area contributed by atoms with Crippen LogP contribution in [0.1, 0.15) is 50.6 Å². The van der Waals surface area contributed by atoms with Crippen LogP contribution in [0.2, 0.25) is 0 Å². The molecule has 1 unspecified atom stereocenters. The van der Waals surface area contributed by atoms with Gasteiger partial charge < -0.3 is 24.0 Å². The number of aliphatic carboxylic acids is 1. The Morgan fingerprint density at radius 2 is 1.80 bits per heavy atom. The molecule has 1 heterocycles. The number of benzene rings is 2. The van der Waals surface area contributed by atoms with Crippen molar-refractivity contribution < 1.29 is 37.1 Å². The fraction of sp³-hybridized carbons (Fsp3) is 0.367. The Morgan fingerprint density at radius 1 is 1.10 bits per heavy atom. The smallest absolute Gasteiger partial charge is 0.416 e. The molecule has 0 saturated carbocycles. The second-order valence-corrected chi connectivity index (χ2v) is 10.4. The summed E-state index contributed by atoms with van der Waals surface area (Å²) in [5.74, 6) is 0.841. The molecule has 218 valence electrons. The number of carboxylic acid groups (broad SMARTS) is 1. The Labute approximate surface area is 236 Å². The standard InChI is InChI=1S/C30H32F3N3O5/c1-20-17-25(40-29(2,3)27(37)38)14-11-22(20)15-16-36(18-21-9-12-23(13-10-21)30(31,32)33)28-34-26(41-35-28)19-39-24-7-5-4-6-8-24/h4-14,20H,15-19H2,1-3H3,(H,37,38). The monoisotopic (exact) mass is 571 g/mol. The van der Waals surface area contributed by atoms with E-state index >= 15 is 0 Å². The zero-order valence-corrected chi connectivity index (χ0v) is 23.0. The summed E-state index contributed by atoms with van der Waals surface area (Å²) in [7, 11) is 0. The van der Waals surface area contributed by atoms with Gasteiger partial charge in [0.15, 0.2) is 12.2 Å². The minimum Gasteiger partial charge on any atom is -0.484 e. The Bertz CT molecular complexity index is 1380. The van der Waals surface area contributed by atoms with E-state index in [0.29, 0.717) is 42.4 Å². The van der Waals surface area contributed by atoms with Crippen LogP contribution in [-0.2, 0) is 28.9 Å². The van der Waals surface area contributed by atoms with Crippen LogP contribution >= 0.6 is 0 Å². The summed E-state index contributed by atoms with van der Waals surface area (Å²) in [6, 6.07) is 14.2. The first-order chi connectivity index (χ1) is 19.4. The highest BCUT2D eigenvalue weighted by atomic mass is 19.4. The Hall–Kier alpha value is -4.28. The van der Waals surface area contributed by atoms with E-state index in [1.807, 2.05) is 36.1 Å². The summed E-state index contributed by atoms with van der Waals surface area (Å²) in [4.78, 5) is 17.7. The van der Waals surface area contributed by atoms with Crippen LogP contribution in [0.25, 0.3) is 0 Å². The molecule has 11 heteroatoms. The van der Waals surface area contributed by atoms with Crippen LogP contribution in [0.4, 0.5) is 19.1 Å². The number of anilines is 1. The number of halogens is 3. The normalized spacial score (nSPS) is 15.6. The van der Waals surface area contributed by atoms with E-state index in [1.54, 1.807) is 18.2 Å². The topological polar surface area (TPSA) is 97.9 Å². The number of alkyl halides is 3. The van der Waals surface area contributed by atoms with Gasteiger partial charge in [-0.2, -0.15) is 18.2 Å². The van der Waals surface area contributed by atoms with Gasteiger partial charge in [0.2, 0.25) is 0 Å². The number of carboxylic acids is 1. The Morgan fingerprint density at radius 3 is 2.44 bits per heavy atom. The molecule has 0 amide bonds. The van der Waals surface area contributed by atoms with Crippen molar-refractivity contribution in [3.05, 3.63) is 95.1 Å². The molecule has 2 aromatic carbocycles. The van der Waals surface area contributed by atoms with Crippen molar-refractivity contribution in [2.24, 2.45) is 5.92 Å². The average molecular weight is 572 g/mol. The number of allylic oxidation sites excluding steroid dienone is 3. The number of rotatable bonds is 12. The Balaban J connectivity index is 1.49. The molecule has 0 bridgehead atoms. The molecule has 0 spiro atoms. The van der Waals surface area contributed by atoms with Gasteiger partial charge in [-0.1, -0.05) is 48.9 Å². The molecule has 4 rings (SSSR count). The third-order valence-corrected chi connectivity index (χ3v) is 6.70. The third-order valence-electron chi connectivity index (χ3n) is 6.70. The van der Waals surface area contributed by atoms with Gasteiger partial charge in [-0.3, -0.25) is 0 Å². The lowest BCUT2D eigenvalue weighted by Gasteiger charge is -2.29. The van der Waals surface area contributed by atoms with E-state index in [2.05, 4.69) is 10.1 Å². The summed E-state index contributed by atoms with van der Waals surface area (Å²) in [5, 5.41) is 13.5. The van der Waals surface area contributed by atoms with Gasteiger partial charge in [-0.05, 0) is 67.2 Å². The first-order valence-corrected chi connectivity index (χ1v) is 13.1. The van der Waals surface area contributed by atoms with Crippen LogP contribution in [0.5, 0.6) is 5.75 Å². The predicted molar refractivity (Wildman–Crippen MR) is 145 cm³/mol. The quantitative estimate of drug-likeness (QED) is 0.254. The lowest BCUT2D eigenvalue weighted by atomic mass is 9.89. The summed E-state index contributed by atoms with van der Waals surface area (Å²) < 4.78 is 56.0. The molecule has 8 nitrogen and oxygen atoms in total. The second kappa shape index (κ2) is 12.5. The van der Waals surface area contributed by atoms with Gasteiger partial charge in [0, 0.05) is 19.5 Å². The fourth-order valence-electron chi connectivity index (χ4n) is 4.27. The van der Waals surface area contributed by atoms with Crippen molar-refractivity contribution in [1.29, 1.82) is 0 Å². The molecule has 0 radical (unpaired) electrons. The average Bonchev–Trinajstić information content (AvgIpc) is 3.40. The largest absolute Gasteiger partial charge is 0.484 e. The molecule has 41 heavy (non-hydrogen) atoms. The first-order valence-electron chi connectivity index (χ1n) is 13.1. The van der Waals surface area contributed by atoms with Crippen LogP contribution in [0.15, 0.2) is 82.6 Å². The second-order valence-electron chi connectivity index (χ2n) is 10.4. The van der Waals surface area contributed by atoms with Gasteiger partial charge in [0.1, 0.15) is 5.75 Å². The van der Waals surface area contributed by atoms with Crippen molar-refractivity contribution >= 4 is 11.9 Å². The van der Waals surface area contributed by atoms with Crippen LogP contribution in [0, 0.1) is 5.92 Å². The molecule has 1 aliphatic rings. The van der Waals surface area contributed by atoms with E-state index in [0.717, 1.165) is 17.7 Å². The number of para-hydroxylation sites is 1. The molecule has 1 atom stereocenters. The van der Waals surface area contributed by atoms with Crippen molar-refractivity contribution in [2.45, 2.75) is 58.5 Å². The lowest BCUT2D eigenvalue weighted by molar-refractivity contribution is -0.157. The maximum atomic E-state index is 13.1. The van der Waals surface area contributed by atoms with Gasteiger partial charge in [0.25, 0.3) is 11.8 Å². The summed E-state index contributed by atoms with van der Waals surface area (Å²) >= 11 is 0. The van der Waals surface area contributed by atoms with Gasteiger partial charge >= 0.3 is 12.1 Å². The van der Waals surface area contributed by atoms with E-state index in [4.69, 9.17) is 14.0 Å². The summed E-state index contributed by atoms with van der Waals surface area (Å²) in [5.41, 5.74) is -0.290. The summed E-state index contributed by atoms with van der Waals surface area (Å²) in [6.45, 7) is 5.82. The molecule has 1 N–H and O–H groups in total. The maximum absolute atomic E-state index is 13.1. The van der Waals surface area contributed by atoms with E-state index < -0.39 is 23.3 Å². The van der Waals surface area contributed by atoms with Crippen LogP contribution in [0.3, 0.4) is 0 Å². The SMILES string of the molecule is CC1CC(OC(C)(C)C(=O)O)=CC=C1CCN(Cc1ccc(C(F)(F)F)cc1)c1noc(COc2ccccc2)n1. The molecule has 0 aliphatic heterocycles. The Kier molecular flexibility index (Phi) is 9.05. The minimum absolute atomic E-state index is 0.0631. The highest BCUT2D eigenvalue weighted by molar-refractivity contribution is 5.76. The number of hydrogen-bond acceptors (Lipinski definition) is 7. The number of nitrogens with zero attached hydrogens (tertiary/aromatic N) is 3. The molecule has 1 aliphatic carbocycles. The molecular weight excluding hydrogens is 539 g/mol. The third kappa shape index (κ3) is 8.12. The van der Waals surface area contributed by atoms with Gasteiger partial charge in [-0.25, -0.2) is 4.79 Å². The minimum atomic E-state index is -4.42. The van der Waals surface area contributed by atoms with Gasteiger partial charge in [-0.15, -0.1) is 0 Å². The van der Waals surface area contributed by atoms with E-state index in [9.17, 15) is 23.1 Å². The molecule has 0 saturated heterocycles.